The average molecular weight is 1240 g/mol. The van der Waals surface area contributed by atoms with Gasteiger partial charge in [0.15, 0.2) is 5.96 Å². The minimum absolute atomic E-state index is 0.0257. The zero-order valence-corrected chi connectivity index (χ0v) is 52.7. The van der Waals surface area contributed by atoms with E-state index in [1.54, 1.807) is 13.8 Å². The second kappa shape index (κ2) is 35.1. The standard InChI is InChI=1S/C64H97N15O10/c1-37(2)30-44(33-54(81)75-50(27-17-29-70-63(67)68)59(86)71-39(4)38(3)57(84)77-52(31-41-18-9-8-10-19-41)61(88)78-53-36-69-35-48(53)56(66)83)74-62(89)64(6,7)79-55(82)34-45(32-43-22-15-21-42-20-11-12-23-46(42)43)73-60(87)51(25-13-14-28-65)76-58(85)47-24-16-26-49(47)72-40(5)80/h8-12,15,18-23,37-39,44-45,47-53,69H,13-14,16-17,24-36,65H2,1-7H3,(H2,66,83)(H,71,86)(H,72,80)(H,73,87)(H,74,89)(H,75,81)(H,76,85)(H,77,84)(H,78,88)(H,79,82)(H4,67,68,70)/t38-,39-,44-,45-,47-,48?,49?,50-,51-,52-,53-/m0/s1. The molecule has 25 nitrogen and oxygen atoms in total. The number of rotatable bonds is 35. The molecule has 2 fully saturated rings. The summed E-state index contributed by atoms with van der Waals surface area (Å²) in [5.41, 5.74) is 22.6. The fourth-order valence-corrected chi connectivity index (χ4v) is 11.5. The number of guanidine groups is 1. The van der Waals surface area contributed by atoms with Gasteiger partial charge in [0, 0.05) is 70.0 Å². The number of amides is 10. The van der Waals surface area contributed by atoms with E-state index in [-0.39, 0.29) is 81.2 Å². The van der Waals surface area contributed by atoms with Gasteiger partial charge in [-0.05, 0) is 113 Å². The molecule has 5 rings (SSSR count). The number of nitrogens with two attached hydrogens (primary N) is 4. The third kappa shape index (κ3) is 23.4. The number of hydrogen-bond donors (Lipinski definition) is 14. The Morgan fingerprint density at radius 1 is 0.629 bits per heavy atom. The first-order valence-corrected chi connectivity index (χ1v) is 31.2. The van der Waals surface area contributed by atoms with E-state index in [1.807, 2.05) is 86.6 Å². The van der Waals surface area contributed by atoms with E-state index in [2.05, 4.69) is 58.2 Å². The molecule has 0 aromatic heterocycles. The van der Waals surface area contributed by atoms with Crippen LogP contribution in [0.5, 0.6) is 0 Å². The van der Waals surface area contributed by atoms with Crippen molar-refractivity contribution in [3.8, 4) is 0 Å². The predicted molar refractivity (Wildman–Crippen MR) is 340 cm³/mol. The van der Waals surface area contributed by atoms with Crippen LogP contribution in [0.2, 0.25) is 0 Å². The largest absolute Gasteiger partial charge is 0.370 e. The van der Waals surface area contributed by atoms with Crippen LogP contribution in [0.1, 0.15) is 130 Å². The highest BCUT2D eigenvalue weighted by atomic mass is 16.2. The van der Waals surface area contributed by atoms with E-state index >= 15 is 0 Å². The number of carbonyl (C=O) groups excluding carboxylic acids is 10. The molecule has 1 heterocycles. The molecule has 25 heteroatoms. The molecule has 2 unspecified atom stereocenters. The maximum atomic E-state index is 14.4. The summed E-state index contributed by atoms with van der Waals surface area (Å²) in [6.07, 6.45) is 3.82. The second-order valence-corrected chi connectivity index (χ2v) is 24.8. The highest BCUT2D eigenvalue weighted by Gasteiger charge is 2.39. The summed E-state index contributed by atoms with van der Waals surface area (Å²) in [5.74, 6) is -7.32. The van der Waals surface area contributed by atoms with Crippen molar-refractivity contribution >= 4 is 75.8 Å². The number of carbonyl (C=O) groups is 10. The lowest BCUT2D eigenvalue weighted by atomic mass is 9.95. The van der Waals surface area contributed by atoms with Gasteiger partial charge in [0.2, 0.25) is 59.1 Å². The molecule has 0 radical (unpaired) electrons. The summed E-state index contributed by atoms with van der Waals surface area (Å²) < 4.78 is 0. The van der Waals surface area contributed by atoms with Crippen LogP contribution >= 0.6 is 0 Å². The molecule has 0 spiro atoms. The zero-order chi connectivity index (χ0) is 65.4. The minimum Gasteiger partial charge on any atom is -0.370 e. The number of primary amides is 1. The number of hydrogen-bond acceptors (Lipinski definition) is 13. The molecule has 1 aliphatic heterocycles. The fourth-order valence-electron chi connectivity index (χ4n) is 11.5. The van der Waals surface area contributed by atoms with Crippen molar-refractivity contribution in [2.45, 2.75) is 186 Å². The molecule has 1 saturated heterocycles. The Morgan fingerprint density at radius 2 is 1.29 bits per heavy atom. The number of aliphatic imine (C=N–C) groups is 1. The van der Waals surface area contributed by atoms with E-state index in [4.69, 9.17) is 22.9 Å². The van der Waals surface area contributed by atoms with Crippen molar-refractivity contribution < 1.29 is 47.9 Å². The van der Waals surface area contributed by atoms with Gasteiger partial charge in [-0.1, -0.05) is 100.0 Å². The zero-order valence-electron chi connectivity index (χ0n) is 52.7. The molecule has 0 bridgehead atoms. The molecule has 3 aromatic rings. The van der Waals surface area contributed by atoms with E-state index in [0.717, 1.165) is 28.3 Å². The SMILES string of the molecule is CC(=O)NC1CCC[C@@H]1C(=O)N[C@@H](CCCCN)C(=O)N[C@H](CC(=O)NC(C)(C)C(=O)N[C@H](CC(=O)N[C@@H](CCCN=C(N)N)C(=O)N[C@@H](C)[C@H](C)C(=O)N[C@@H](Cc1ccccc1)C(=O)N[C@H]1CNCC1C(N)=O)CC(C)C)Cc1cccc2ccccc12. The van der Waals surface area contributed by atoms with Crippen molar-refractivity contribution in [3.63, 3.8) is 0 Å². The average Bonchev–Trinajstić information content (AvgIpc) is 3.74. The smallest absolute Gasteiger partial charge is 0.245 e. The van der Waals surface area contributed by atoms with Crippen LogP contribution in [-0.2, 0) is 60.8 Å². The van der Waals surface area contributed by atoms with E-state index in [0.29, 0.717) is 51.7 Å². The normalized spacial score (nSPS) is 18.8. The maximum absolute atomic E-state index is 14.4. The van der Waals surface area contributed by atoms with E-state index < -0.39 is 113 Å². The van der Waals surface area contributed by atoms with Gasteiger partial charge in [-0.25, -0.2) is 0 Å². The summed E-state index contributed by atoms with van der Waals surface area (Å²) in [7, 11) is 0. The Bertz CT molecular complexity index is 2930. The summed E-state index contributed by atoms with van der Waals surface area (Å²) >= 11 is 0. The monoisotopic (exact) mass is 1240 g/mol. The van der Waals surface area contributed by atoms with Gasteiger partial charge >= 0.3 is 0 Å². The molecule has 1 aliphatic carbocycles. The fraction of sp³-hybridized carbons (Fsp3) is 0.578. The first-order chi connectivity index (χ1) is 42.2. The van der Waals surface area contributed by atoms with Gasteiger partial charge < -0.3 is 76.1 Å². The van der Waals surface area contributed by atoms with Gasteiger partial charge in [0.25, 0.3) is 0 Å². The third-order valence-electron chi connectivity index (χ3n) is 16.4. The van der Waals surface area contributed by atoms with Crippen LogP contribution < -0.4 is 76.1 Å². The molecule has 89 heavy (non-hydrogen) atoms. The predicted octanol–water partition coefficient (Wildman–Crippen LogP) is 0.588. The van der Waals surface area contributed by atoms with Crippen molar-refractivity contribution in [2.24, 2.45) is 51.6 Å². The Morgan fingerprint density at radius 3 is 1.98 bits per heavy atom. The molecule has 2 aliphatic rings. The van der Waals surface area contributed by atoms with Crippen LogP contribution in [0.25, 0.3) is 10.8 Å². The molecule has 11 atom stereocenters. The Balaban J connectivity index is 1.27. The van der Waals surface area contributed by atoms with Gasteiger partial charge in [-0.15, -0.1) is 0 Å². The molecule has 10 amide bonds. The van der Waals surface area contributed by atoms with Crippen LogP contribution in [0.3, 0.4) is 0 Å². The van der Waals surface area contributed by atoms with Crippen molar-refractivity contribution in [1.82, 2.24) is 53.2 Å². The second-order valence-electron chi connectivity index (χ2n) is 24.8. The highest BCUT2D eigenvalue weighted by Crippen LogP contribution is 2.27. The van der Waals surface area contributed by atoms with Gasteiger partial charge in [-0.2, -0.15) is 0 Å². The van der Waals surface area contributed by atoms with Crippen LogP contribution in [-0.4, -0.2) is 145 Å². The topological polar surface area (TPSA) is 407 Å². The first kappa shape index (κ1) is 71.6. The molecular weight excluding hydrogens is 1140 g/mol. The van der Waals surface area contributed by atoms with Crippen LogP contribution in [0.15, 0.2) is 77.8 Å². The van der Waals surface area contributed by atoms with E-state index in [1.165, 1.54) is 20.8 Å². The summed E-state index contributed by atoms with van der Waals surface area (Å²) in [5, 5.41) is 31.0. The lowest BCUT2D eigenvalue weighted by molar-refractivity contribution is -0.134. The Kier molecular flexibility index (Phi) is 28.2. The number of nitrogens with one attached hydrogen (secondary N) is 10. The van der Waals surface area contributed by atoms with Crippen LogP contribution in [0.4, 0.5) is 0 Å². The van der Waals surface area contributed by atoms with Crippen molar-refractivity contribution in [1.29, 1.82) is 0 Å². The van der Waals surface area contributed by atoms with Gasteiger partial charge in [-0.3, -0.25) is 52.9 Å². The van der Waals surface area contributed by atoms with Crippen molar-refractivity contribution in [2.75, 3.05) is 26.2 Å². The van der Waals surface area contributed by atoms with Crippen LogP contribution in [0, 0.1) is 23.7 Å². The molecule has 3 aromatic carbocycles. The molecule has 1 saturated carbocycles. The quantitative estimate of drug-likeness (QED) is 0.0218. The van der Waals surface area contributed by atoms with E-state index in [9.17, 15) is 47.9 Å². The molecular formula is C64H97N15O10. The van der Waals surface area contributed by atoms with Gasteiger partial charge in [0.1, 0.15) is 23.7 Å². The Hall–Kier alpha value is -8.19. The molecule has 488 valence electrons. The maximum Gasteiger partial charge on any atom is 0.245 e. The summed E-state index contributed by atoms with van der Waals surface area (Å²) in [6, 6.07) is 16.0. The summed E-state index contributed by atoms with van der Waals surface area (Å²) in [6.45, 7) is 12.6. The number of nitrogens with zero attached hydrogens (tertiary/aromatic N) is 1. The number of fused-ring (bicyclic) bond motifs is 1. The highest BCUT2D eigenvalue weighted by molar-refractivity contribution is 5.94. The lowest BCUT2D eigenvalue weighted by Gasteiger charge is -2.30. The first-order valence-electron chi connectivity index (χ1n) is 31.2. The third-order valence-corrected chi connectivity index (χ3v) is 16.4. The summed E-state index contributed by atoms with van der Waals surface area (Å²) in [4.78, 5) is 141. The van der Waals surface area contributed by atoms with Crippen molar-refractivity contribution in [3.05, 3.63) is 83.9 Å². The van der Waals surface area contributed by atoms with Gasteiger partial charge in [0.05, 0.1) is 23.8 Å². The lowest BCUT2D eigenvalue weighted by Crippen LogP contribution is -2.58. The molecule has 18 N–H and O–H groups in total. The number of unbranched alkanes of at least 4 members (excludes halogenated alkanes) is 1. The minimum atomic E-state index is -1.55. The number of benzene rings is 3. The Labute approximate surface area is 522 Å².